The summed E-state index contributed by atoms with van der Waals surface area (Å²) in [7, 11) is 1.57. The predicted octanol–water partition coefficient (Wildman–Crippen LogP) is 6.84. The number of aromatic nitrogens is 1. The van der Waals surface area contributed by atoms with Gasteiger partial charge in [-0.25, -0.2) is 4.98 Å². The monoisotopic (exact) mass is 638 g/mol. The van der Waals surface area contributed by atoms with Crippen LogP contribution in [0.2, 0.25) is 0 Å². The molecular weight excluding hydrogens is 609 g/mol. The van der Waals surface area contributed by atoms with Crippen molar-refractivity contribution in [1.29, 1.82) is 0 Å². The van der Waals surface area contributed by atoms with Gasteiger partial charge in [-0.3, -0.25) is 14.4 Å². The molecule has 0 saturated heterocycles. The number of nitrogens with zero attached hydrogens (tertiary/aromatic N) is 1. The number of anilines is 2. The first-order valence-corrected chi connectivity index (χ1v) is 15.8. The highest BCUT2D eigenvalue weighted by Gasteiger charge is 2.16. The maximum atomic E-state index is 13.4. The van der Waals surface area contributed by atoms with Crippen molar-refractivity contribution in [1.82, 2.24) is 10.3 Å². The van der Waals surface area contributed by atoms with Crippen molar-refractivity contribution in [2.75, 3.05) is 30.1 Å². The molecule has 3 N–H and O–H groups in total. The number of methoxy groups -OCH3 is 1. The van der Waals surface area contributed by atoms with Crippen LogP contribution in [0.1, 0.15) is 22.8 Å². The predicted molar refractivity (Wildman–Crippen MR) is 180 cm³/mol. The van der Waals surface area contributed by atoms with E-state index in [9.17, 15) is 14.4 Å². The molecule has 1 aromatic heterocycles. The molecule has 3 amide bonds. The lowest BCUT2D eigenvalue weighted by molar-refractivity contribution is -0.114. The second-order valence-electron chi connectivity index (χ2n) is 9.55. The average molecular weight is 639 g/mol. The van der Waals surface area contributed by atoms with Gasteiger partial charge >= 0.3 is 0 Å². The fourth-order valence-corrected chi connectivity index (χ4v) is 5.86. The van der Waals surface area contributed by atoms with Gasteiger partial charge in [0.15, 0.2) is 5.13 Å². The highest BCUT2D eigenvalue weighted by molar-refractivity contribution is 8.00. The van der Waals surface area contributed by atoms with Crippen LogP contribution in [0.15, 0.2) is 108 Å². The topological polar surface area (TPSA) is 119 Å². The number of thiazole rings is 1. The molecule has 228 valence electrons. The molecule has 0 fully saturated rings. The van der Waals surface area contributed by atoms with Crippen LogP contribution in [0.3, 0.4) is 0 Å². The lowest BCUT2D eigenvalue weighted by Crippen LogP contribution is -2.30. The third-order valence-electron chi connectivity index (χ3n) is 6.33. The van der Waals surface area contributed by atoms with Crippen molar-refractivity contribution in [3.63, 3.8) is 0 Å². The zero-order valence-corrected chi connectivity index (χ0v) is 26.2. The number of amides is 3. The molecule has 0 aliphatic rings. The van der Waals surface area contributed by atoms with E-state index in [-0.39, 0.29) is 17.4 Å². The van der Waals surface area contributed by atoms with Gasteiger partial charge in [-0.15, -0.1) is 11.8 Å². The first-order valence-electron chi connectivity index (χ1n) is 14.0. The Labute approximate surface area is 268 Å². The number of hydrogen-bond donors (Lipinski definition) is 3. The third kappa shape index (κ3) is 8.71. The van der Waals surface area contributed by atoms with Crippen LogP contribution < -0.4 is 25.4 Å². The Hall–Kier alpha value is -5.13. The quantitative estimate of drug-likeness (QED) is 0.101. The van der Waals surface area contributed by atoms with E-state index in [4.69, 9.17) is 9.47 Å². The van der Waals surface area contributed by atoms with E-state index >= 15 is 0 Å². The lowest BCUT2D eigenvalue weighted by atomic mass is 10.1. The van der Waals surface area contributed by atoms with Gasteiger partial charge in [0.25, 0.3) is 11.8 Å². The molecular formula is C34H30N4O5S2. The lowest BCUT2D eigenvalue weighted by Gasteiger charge is -2.12. The molecule has 0 saturated carbocycles. The van der Waals surface area contributed by atoms with Crippen LogP contribution in [0.5, 0.6) is 11.5 Å². The van der Waals surface area contributed by atoms with E-state index in [1.54, 1.807) is 79.9 Å². The molecule has 0 atom stereocenters. The van der Waals surface area contributed by atoms with Gasteiger partial charge in [-0.05, 0) is 79.2 Å². The van der Waals surface area contributed by atoms with Crippen LogP contribution in [-0.2, 0) is 9.59 Å². The Bertz CT molecular complexity index is 1840. The number of rotatable bonds is 12. The van der Waals surface area contributed by atoms with E-state index < -0.39 is 11.8 Å². The third-order valence-corrected chi connectivity index (χ3v) is 8.26. The molecule has 0 spiro atoms. The zero-order valence-electron chi connectivity index (χ0n) is 24.5. The molecule has 9 nitrogen and oxygen atoms in total. The number of nitrogens with one attached hydrogen (secondary N) is 3. The fraction of sp³-hybridized carbons (Fsp3) is 0.118. The first kappa shape index (κ1) is 31.3. The number of benzene rings is 4. The van der Waals surface area contributed by atoms with Gasteiger partial charge in [-0.2, -0.15) is 0 Å². The van der Waals surface area contributed by atoms with E-state index in [2.05, 4.69) is 20.9 Å². The Morgan fingerprint density at radius 2 is 1.67 bits per heavy atom. The van der Waals surface area contributed by atoms with Crippen molar-refractivity contribution >= 4 is 67.9 Å². The molecule has 5 aromatic rings. The van der Waals surface area contributed by atoms with Gasteiger partial charge in [0.05, 0.1) is 29.7 Å². The Morgan fingerprint density at radius 3 is 2.42 bits per heavy atom. The smallest absolute Gasteiger partial charge is 0.272 e. The Balaban J connectivity index is 1.24. The second-order valence-corrected chi connectivity index (χ2v) is 11.6. The van der Waals surface area contributed by atoms with E-state index in [0.717, 1.165) is 20.9 Å². The molecule has 11 heteroatoms. The van der Waals surface area contributed by atoms with Crippen LogP contribution in [0, 0.1) is 0 Å². The summed E-state index contributed by atoms with van der Waals surface area (Å²) in [4.78, 5) is 44.3. The van der Waals surface area contributed by atoms with E-state index in [0.29, 0.717) is 34.3 Å². The highest BCUT2D eigenvalue weighted by Crippen LogP contribution is 2.30. The summed E-state index contributed by atoms with van der Waals surface area (Å²) in [5.74, 6) is 0.461. The average Bonchev–Trinajstić information content (AvgIpc) is 3.46. The standard InChI is InChI=1S/C34H30N4O5S2/c1-3-43-26-16-17-28-30(20-26)45-34(37-28)38-31(39)21-44-27-11-7-10-24(19-27)35-33(41)29(18-22-12-14-25(42-2)15-13-22)36-32(40)23-8-5-4-6-9-23/h4-20H,3,21H2,1-2H3,(H,35,41)(H,36,40)(H,37,38,39)/b29-18+. The van der Waals surface area contributed by atoms with Crippen LogP contribution >= 0.6 is 23.1 Å². The zero-order chi connectivity index (χ0) is 31.6. The van der Waals surface area contributed by atoms with Crippen molar-refractivity contribution < 1.29 is 23.9 Å². The van der Waals surface area contributed by atoms with Crippen molar-refractivity contribution in [3.05, 3.63) is 114 Å². The SMILES string of the molecule is CCOc1ccc2nc(NC(=O)CSc3cccc(NC(=O)/C(=C\c4ccc(OC)cc4)NC(=O)c4ccccc4)c3)sc2c1. The molecule has 0 aliphatic heterocycles. The molecule has 0 radical (unpaired) electrons. The summed E-state index contributed by atoms with van der Waals surface area (Å²) in [5, 5.41) is 8.97. The van der Waals surface area contributed by atoms with Crippen LogP contribution in [0.4, 0.5) is 10.8 Å². The van der Waals surface area contributed by atoms with Crippen molar-refractivity contribution in [2.24, 2.45) is 0 Å². The summed E-state index contributed by atoms with van der Waals surface area (Å²) in [6, 6.07) is 28.6. The minimum absolute atomic E-state index is 0.0654. The number of carbonyl (C=O) groups excluding carboxylic acids is 3. The number of ether oxygens (including phenoxy) is 2. The normalized spacial score (nSPS) is 11.1. The van der Waals surface area contributed by atoms with Crippen molar-refractivity contribution in [2.45, 2.75) is 11.8 Å². The minimum atomic E-state index is -0.502. The van der Waals surface area contributed by atoms with Crippen LogP contribution in [0.25, 0.3) is 16.3 Å². The Morgan fingerprint density at radius 1 is 0.889 bits per heavy atom. The molecule has 0 unspecified atom stereocenters. The molecule has 0 aliphatic carbocycles. The van der Waals surface area contributed by atoms with Crippen LogP contribution in [-0.4, -0.2) is 42.2 Å². The number of fused-ring (bicyclic) bond motifs is 1. The summed E-state index contributed by atoms with van der Waals surface area (Å²) >= 11 is 2.71. The first-order chi connectivity index (χ1) is 21.9. The molecule has 1 heterocycles. The summed E-state index contributed by atoms with van der Waals surface area (Å²) in [5.41, 5.74) is 2.48. The maximum absolute atomic E-state index is 13.4. The summed E-state index contributed by atoms with van der Waals surface area (Å²) < 4.78 is 11.7. The second kappa shape index (κ2) is 15.0. The van der Waals surface area contributed by atoms with E-state index in [1.807, 2.05) is 37.3 Å². The number of carbonyl (C=O) groups is 3. The van der Waals surface area contributed by atoms with Gasteiger partial charge in [0.1, 0.15) is 17.2 Å². The van der Waals surface area contributed by atoms with Gasteiger partial charge in [0.2, 0.25) is 5.91 Å². The largest absolute Gasteiger partial charge is 0.497 e. The number of hydrogen-bond acceptors (Lipinski definition) is 8. The van der Waals surface area contributed by atoms with E-state index in [1.165, 1.54) is 23.1 Å². The van der Waals surface area contributed by atoms with Gasteiger partial charge in [-0.1, -0.05) is 47.7 Å². The summed E-state index contributed by atoms with van der Waals surface area (Å²) in [6.45, 7) is 2.50. The van der Waals surface area contributed by atoms with Gasteiger partial charge < -0.3 is 25.4 Å². The van der Waals surface area contributed by atoms with Crippen molar-refractivity contribution in [3.8, 4) is 11.5 Å². The molecule has 0 bridgehead atoms. The minimum Gasteiger partial charge on any atom is -0.497 e. The Kier molecular flexibility index (Phi) is 10.5. The fourth-order valence-electron chi connectivity index (χ4n) is 4.19. The maximum Gasteiger partial charge on any atom is 0.272 e. The van der Waals surface area contributed by atoms with Gasteiger partial charge in [0, 0.05) is 16.1 Å². The number of thioether (sulfide) groups is 1. The summed E-state index contributed by atoms with van der Waals surface area (Å²) in [6.07, 6.45) is 1.60. The molecule has 5 rings (SSSR count). The molecule has 4 aromatic carbocycles. The highest BCUT2D eigenvalue weighted by atomic mass is 32.2. The molecule has 45 heavy (non-hydrogen) atoms.